The number of rotatable bonds is 6. The van der Waals surface area contributed by atoms with Crippen LogP contribution in [-0.2, 0) is 16.4 Å². The number of anilines is 2. The van der Waals surface area contributed by atoms with Gasteiger partial charge in [0, 0.05) is 5.75 Å². The van der Waals surface area contributed by atoms with E-state index in [1.54, 1.807) is 6.07 Å². The Morgan fingerprint density at radius 3 is 2.57 bits per heavy atom. The number of nitrogen functional groups attached to an aromatic ring is 1. The van der Waals surface area contributed by atoms with Crippen molar-refractivity contribution >= 4 is 21.5 Å². The number of hydrogen-bond donors (Lipinski definition) is 2. The molecule has 0 radical (unpaired) electrons. The van der Waals surface area contributed by atoms with Crippen molar-refractivity contribution in [3.05, 3.63) is 5.56 Å². The third kappa shape index (κ3) is 4.82. The zero-order chi connectivity index (χ0) is 16.3. The van der Waals surface area contributed by atoms with E-state index in [1.165, 1.54) is 6.92 Å². The van der Waals surface area contributed by atoms with Crippen LogP contribution >= 0.6 is 0 Å². The molecule has 7 nitrogen and oxygen atoms in total. The molecule has 1 aromatic heterocycles. The third-order valence-corrected chi connectivity index (χ3v) is 4.30. The highest BCUT2D eigenvalue weighted by Crippen LogP contribution is 2.23. The standard InChI is InChI=1S/C10H14F3N5O2S/c1-2-21(19,20)4-3-18-8(15)7(5-14)9(17-18)16-6-10(11,12)13/h2-4,6,15H2,1H3,(H,16,17). The van der Waals surface area contributed by atoms with Gasteiger partial charge in [0.2, 0.25) is 0 Å². The molecule has 11 heteroatoms. The van der Waals surface area contributed by atoms with Crippen molar-refractivity contribution in [3.63, 3.8) is 0 Å². The molecule has 0 saturated heterocycles. The summed E-state index contributed by atoms with van der Waals surface area (Å²) >= 11 is 0. The number of aryl methyl sites for hydroxylation is 1. The number of aromatic nitrogens is 2. The van der Waals surface area contributed by atoms with E-state index in [1.807, 2.05) is 5.32 Å². The van der Waals surface area contributed by atoms with E-state index < -0.39 is 22.6 Å². The zero-order valence-corrected chi connectivity index (χ0v) is 11.9. The number of nitrogens with zero attached hydrogens (tertiary/aromatic N) is 3. The molecule has 0 fully saturated rings. The highest BCUT2D eigenvalue weighted by Gasteiger charge is 2.28. The zero-order valence-electron chi connectivity index (χ0n) is 11.1. The summed E-state index contributed by atoms with van der Waals surface area (Å²) in [6, 6.07) is 1.64. The Balaban J connectivity index is 2.93. The lowest BCUT2D eigenvalue weighted by Gasteiger charge is -2.06. The van der Waals surface area contributed by atoms with Gasteiger partial charge in [-0.15, -0.1) is 0 Å². The summed E-state index contributed by atoms with van der Waals surface area (Å²) in [6.45, 7) is -0.0332. The Hall–Kier alpha value is -1.96. The number of nitriles is 1. The van der Waals surface area contributed by atoms with Crippen LogP contribution in [0.5, 0.6) is 0 Å². The van der Waals surface area contributed by atoms with Gasteiger partial charge < -0.3 is 11.1 Å². The van der Waals surface area contributed by atoms with Crippen LogP contribution in [0.3, 0.4) is 0 Å². The number of hydrogen-bond acceptors (Lipinski definition) is 6. The van der Waals surface area contributed by atoms with Gasteiger partial charge in [0.05, 0.1) is 12.3 Å². The summed E-state index contributed by atoms with van der Waals surface area (Å²) in [4.78, 5) is 0. The van der Waals surface area contributed by atoms with E-state index in [0.29, 0.717) is 0 Å². The number of alkyl halides is 3. The smallest absolute Gasteiger partial charge is 0.383 e. The Morgan fingerprint density at radius 2 is 2.10 bits per heavy atom. The minimum absolute atomic E-state index is 0.0710. The molecule has 0 aliphatic rings. The normalized spacial score (nSPS) is 12.1. The van der Waals surface area contributed by atoms with E-state index in [-0.39, 0.29) is 35.2 Å². The molecule has 1 heterocycles. The molecule has 1 aromatic rings. The average Bonchev–Trinajstić information content (AvgIpc) is 2.69. The van der Waals surface area contributed by atoms with Gasteiger partial charge >= 0.3 is 6.18 Å². The molecule has 0 aliphatic heterocycles. The van der Waals surface area contributed by atoms with Gasteiger partial charge in [-0.1, -0.05) is 6.92 Å². The molecule has 0 bridgehead atoms. The van der Waals surface area contributed by atoms with Crippen LogP contribution in [0.4, 0.5) is 24.8 Å². The summed E-state index contributed by atoms with van der Waals surface area (Å²) in [6.07, 6.45) is -4.48. The number of nitrogens with one attached hydrogen (secondary N) is 1. The number of sulfone groups is 1. The molecular formula is C10H14F3N5O2S. The summed E-state index contributed by atoms with van der Waals surface area (Å²) in [7, 11) is -3.28. The summed E-state index contributed by atoms with van der Waals surface area (Å²) in [5.41, 5.74) is 5.34. The second kappa shape index (κ2) is 6.21. The maximum Gasteiger partial charge on any atom is 0.405 e. The van der Waals surface area contributed by atoms with Gasteiger partial charge in [-0.3, -0.25) is 0 Å². The highest BCUT2D eigenvalue weighted by atomic mass is 32.2. The van der Waals surface area contributed by atoms with Crippen LogP contribution in [0.2, 0.25) is 0 Å². The first-order valence-corrected chi connectivity index (χ1v) is 7.69. The van der Waals surface area contributed by atoms with Gasteiger partial charge in [0.1, 0.15) is 24.0 Å². The first-order valence-electron chi connectivity index (χ1n) is 5.87. The molecule has 0 aromatic carbocycles. The van der Waals surface area contributed by atoms with Crippen LogP contribution in [0.1, 0.15) is 12.5 Å². The summed E-state index contributed by atoms with van der Waals surface area (Å²) in [5.74, 6) is -0.827. The molecule has 1 rings (SSSR count). The van der Waals surface area contributed by atoms with Crippen molar-refractivity contribution < 1.29 is 21.6 Å². The molecule has 0 spiro atoms. The Kier molecular flexibility index (Phi) is 5.06. The van der Waals surface area contributed by atoms with Crippen molar-refractivity contribution in [2.24, 2.45) is 0 Å². The molecule has 0 unspecified atom stereocenters. The molecule has 0 saturated carbocycles. The SMILES string of the molecule is CCS(=O)(=O)CCn1nc(NCC(F)(F)F)c(C#N)c1N. The second-order valence-electron chi connectivity index (χ2n) is 4.15. The second-order valence-corrected chi connectivity index (χ2v) is 6.62. The maximum atomic E-state index is 12.1. The lowest BCUT2D eigenvalue weighted by Crippen LogP contribution is -2.22. The molecular weight excluding hydrogens is 311 g/mol. The third-order valence-electron chi connectivity index (χ3n) is 2.61. The average molecular weight is 325 g/mol. The van der Waals surface area contributed by atoms with E-state index in [4.69, 9.17) is 11.0 Å². The van der Waals surface area contributed by atoms with Crippen molar-refractivity contribution in [1.82, 2.24) is 9.78 Å². The lowest BCUT2D eigenvalue weighted by molar-refractivity contribution is -0.115. The largest absolute Gasteiger partial charge is 0.405 e. The van der Waals surface area contributed by atoms with Gasteiger partial charge in [-0.2, -0.15) is 23.5 Å². The number of halogens is 3. The fourth-order valence-corrected chi connectivity index (χ4v) is 2.17. The van der Waals surface area contributed by atoms with Crippen LogP contribution in [0.15, 0.2) is 0 Å². The van der Waals surface area contributed by atoms with Gasteiger partial charge in [0.15, 0.2) is 15.7 Å². The fourth-order valence-electron chi connectivity index (χ4n) is 1.43. The van der Waals surface area contributed by atoms with Gasteiger partial charge in [-0.25, -0.2) is 13.1 Å². The predicted octanol–water partition coefficient (Wildman–Crippen LogP) is 0.746. The fraction of sp³-hybridized carbons (Fsp3) is 0.600. The Morgan fingerprint density at radius 1 is 1.48 bits per heavy atom. The Labute approximate surface area is 119 Å². The van der Waals surface area contributed by atoms with Crippen LogP contribution in [0, 0.1) is 11.3 Å². The maximum absolute atomic E-state index is 12.1. The molecule has 0 aliphatic carbocycles. The topological polar surface area (TPSA) is 114 Å². The molecule has 21 heavy (non-hydrogen) atoms. The van der Waals surface area contributed by atoms with Crippen molar-refractivity contribution in [1.29, 1.82) is 5.26 Å². The van der Waals surface area contributed by atoms with Gasteiger partial charge in [0.25, 0.3) is 0 Å². The van der Waals surface area contributed by atoms with Crippen molar-refractivity contribution in [2.75, 3.05) is 29.1 Å². The minimum atomic E-state index is -4.48. The van der Waals surface area contributed by atoms with Crippen LogP contribution < -0.4 is 11.1 Å². The van der Waals surface area contributed by atoms with Crippen molar-refractivity contribution in [3.8, 4) is 6.07 Å². The van der Waals surface area contributed by atoms with E-state index in [0.717, 1.165) is 4.68 Å². The lowest BCUT2D eigenvalue weighted by atomic mass is 10.3. The molecule has 3 N–H and O–H groups in total. The quantitative estimate of drug-likeness (QED) is 0.797. The predicted molar refractivity (Wildman–Crippen MR) is 70.2 cm³/mol. The molecule has 0 atom stereocenters. The van der Waals surface area contributed by atoms with E-state index in [9.17, 15) is 21.6 Å². The van der Waals surface area contributed by atoms with E-state index in [2.05, 4.69) is 5.10 Å². The number of nitrogens with two attached hydrogens (primary N) is 1. The Bertz CT molecular complexity index is 645. The van der Waals surface area contributed by atoms with Crippen molar-refractivity contribution in [2.45, 2.75) is 19.6 Å². The van der Waals surface area contributed by atoms with Gasteiger partial charge in [-0.05, 0) is 0 Å². The summed E-state index contributed by atoms with van der Waals surface area (Å²) in [5, 5.41) is 14.6. The minimum Gasteiger partial charge on any atom is -0.383 e. The van der Waals surface area contributed by atoms with E-state index >= 15 is 0 Å². The first kappa shape index (κ1) is 17.1. The highest BCUT2D eigenvalue weighted by molar-refractivity contribution is 7.91. The monoisotopic (exact) mass is 325 g/mol. The first-order chi connectivity index (χ1) is 9.59. The molecule has 0 amide bonds. The molecule has 118 valence electrons. The summed E-state index contributed by atoms with van der Waals surface area (Å²) < 4.78 is 60.2. The van der Waals surface area contributed by atoms with Crippen LogP contribution in [0.25, 0.3) is 0 Å². The van der Waals surface area contributed by atoms with Crippen LogP contribution in [-0.4, -0.2) is 42.4 Å².